The number of ketones is 4. The van der Waals surface area contributed by atoms with Gasteiger partial charge < -0.3 is 0 Å². The Morgan fingerprint density at radius 1 is 0.144 bits per heavy atom. The van der Waals surface area contributed by atoms with E-state index in [1.807, 2.05) is 0 Å². The fraction of sp³-hybridized carbons (Fsp3) is 0.480. The van der Waals surface area contributed by atoms with Crippen LogP contribution < -0.4 is 0 Å². The fourth-order valence-electron chi connectivity index (χ4n) is 25.4. The van der Waals surface area contributed by atoms with E-state index >= 15 is 19.2 Å². The molecular formula is C100H112O4. The average Bonchev–Trinajstić information content (AvgIpc) is 1.59. The SMILES string of the molecule is Cc1ccc(C2C3C(=O)C(C4CCC(CC4)C4C(=O)C(C5CCC(CC5)C5C(=O)C(C6CCC(CC6)C6C(=O)C(C7CCC3CC7)C(c3ccc(C)cc3)C6c3ccc(C)cc3)C(c3ccc(C)cc3)C5c3ccc(C)cc3)C(c3ccc(C)cc3)C4c3ccc(C)cc3)C2c2ccc(C)cc2)cc1. The van der Waals surface area contributed by atoms with Gasteiger partial charge in [-0.15, -0.1) is 0 Å². The van der Waals surface area contributed by atoms with E-state index in [1.54, 1.807) is 0 Å². The average molecular weight is 1380 g/mol. The third kappa shape index (κ3) is 12.5. The number of benzene rings is 8. The van der Waals surface area contributed by atoms with E-state index in [2.05, 4.69) is 250 Å². The molecule has 0 N–H and O–H groups in total. The zero-order valence-corrected chi connectivity index (χ0v) is 63.3. The van der Waals surface area contributed by atoms with Gasteiger partial charge in [0.25, 0.3) is 0 Å². The summed E-state index contributed by atoms with van der Waals surface area (Å²) in [5, 5.41) is 0. The first-order valence-electron chi connectivity index (χ1n) is 41.2. The van der Waals surface area contributed by atoms with Crippen LogP contribution in [0.3, 0.4) is 0 Å². The summed E-state index contributed by atoms with van der Waals surface area (Å²) in [7, 11) is 0. The van der Waals surface area contributed by atoms with Crippen molar-refractivity contribution in [3.63, 3.8) is 0 Å². The minimum Gasteiger partial charge on any atom is -0.299 e. The Morgan fingerprint density at radius 2 is 0.231 bits per heavy atom. The molecule has 536 valence electrons. The minimum absolute atomic E-state index is 0.0320. The van der Waals surface area contributed by atoms with Crippen LogP contribution >= 0.6 is 0 Å². The number of Topliss-reactive ketones (excluding diaryl/α,β-unsaturated/α-hetero) is 4. The molecule has 16 atom stereocenters. The van der Waals surface area contributed by atoms with Gasteiger partial charge in [-0.05, 0) is 250 Å². The van der Waals surface area contributed by atoms with Crippen LogP contribution in [0, 0.1) is 150 Å². The van der Waals surface area contributed by atoms with Crippen molar-refractivity contribution in [3.8, 4) is 0 Å². The van der Waals surface area contributed by atoms with Gasteiger partial charge in [0.15, 0.2) is 0 Å². The van der Waals surface area contributed by atoms with Gasteiger partial charge in [-0.3, -0.25) is 19.2 Å². The second-order valence-electron chi connectivity index (χ2n) is 36.0. The molecule has 8 aromatic rings. The van der Waals surface area contributed by atoms with Crippen LogP contribution in [-0.4, -0.2) is 23.1 Å². The zero-order valence-electron chi connectivity index (χ0n) is 63.3. The molecule has 0 amide bonds. The number of hydrogen-bond donors (Lipinski definition) is 0. The Bertz CT molecular complexity index is 3530. The third-order valence-corrected chi connectivity index (χ3v) is 30.3. The number of aryl methyl sites for hydroxylation is 8. The molecule has 23 rings (SSSR count). The van der Waals surface area contributed by atoms with E-state index in [9.17, 15) is 0 Å². The van der Waals surface area contributed by atoms with Crippen molar-refractivity contribution in [1.29, 1.82) is 0 Å². The molecule has 15 aliphatic carbocycles. The molecule has 16 bridgehead atoms. The first-order valence-corrected chi connectivity index (χ1v) is 41.2. The molecule has 4 nitrogen and oxygen atoms in total. The maximum absolute atomic E-state index is 16.8. The van der Waals surface area contributed by atoms with Gasteiger partial charge >= 0.3 is 0 Å². The lowest BCUT2D eigenvalue weighted by Crippen LogP contribution is -2.37. The van der Waals surface area contributed by atoms with Crippen molar-refractivity contribution in [2.24, 2.45) is 94.7 Å². The van der Waals surface area contributed by atoms with E-state index in [0.717, 1.165) is 103 Å². The number of carbonyl (C=O) groups excluding carboxylic acids is 4. The Hall–Kier alpha value is -7.56. The summed E-state index contributed by atoms with van der Waals surface area (Å²) < 4.78 is 0. The monoisotopic (exact) mass is 1380 g/mol. The van der Waals surface area contributed by atoms with Crippen molar-refractivity contribution in [1.82, 2.24) is 0 Å². The maximum atomic E-state index is 16.8. The molecule has 15 saturated carbocycles. The quantitative estimate of drug-likeness (QED) is 0.152. The topological polar surface area (TPSA) is 68.3 Å². The molecule has 15 aliphatic rings. The van der Waals surface area contributed by atoms with Gasteiger partial charge in [-0.2, -0.15) is 0 Å². The van der Waals surface area contributed by atoms with Crippen LogP contribution in [0.1, 0.15) is 239 Å². The maximum Gasteiger partial charge on any atom is 0.140 e. The summed E-state index contributed by atoms with van der Waals surface area (Å²) in [6, 6.07) is 74.5. The lowest BCUT2D eigenvalue weighted by atomic mass is 9.64. The van der Waals surface area contributed by atoms with Crippen LogP contribution in [0.4, 0.5) is 0 Å². The van der Waals surface area contributed by atoms with Crippen LogP contribution in [0.15, 0.2) is 194 Å². The third-order valence-electron chi connectivity index (χ3n) is 30.3. The molecule has 4 heteroatoms. The lowest BCUT2D eigenvalue weighted by Gasteiger charge is -2.39. The largest absolute Gasteiger partial charge is 0.299 e. The Labute approximate surface area is 621 Å². The predicted octanol–water partition coefficient (Wildman–Crippen LogP) is 23.2. The Balaban J connectivity index is 0.800. The molecule has 15 fully saturated rings. The first-order chi connectivity index (χ1) is 50.5. The molecule has 0 aliphatic heterocycles. The molecular weight excluding hydrogens is 1270 g/mol. The smallest absolute Gasteiger partial charge is 0.140 e. The lowest BCUT2D eigenvalue weighted by molar-refractivity contribution is -0.131. The van der Waals surface area contributed by atoms with E-state index in [0.29, 0.717) is 23.1 Å². The first kappa shape index (κ1) is 69.5. The highest BCUT2D eigenvalue weighted by Gasteiger charge is 2.63. The van der Waals surface area contributed by atoms with Gasteiger partial charge in [0.05, 0.1) is 0 Å². The molecule has 0 saturated heterocycles. The van der Waals surface area contributed by atoms with Crippen LogP contribution in [0.5, 0.6) is 0 Å². The van der Waals surface area contributed by atoms with E-state index in [1.165, 1.54) is 89.0 Å². The summed E-state index contributed by atoms with van der Waals surface area (Å²) in [5.74, 6) is 2.70. The van der Waals surface area contributed by atoms with Crippen molar-refractivity contribution in [3.05, 3.63) is 283 Å². The van der Waals surface area contributed by atoms with Crippen LogP contribution in [-0.2, 0) is 19.2 Å². The molecule has 16 unspecified atom stereocenters. The zero-order chi connectivity index (χ0) is 71.3. The van der Waals surface area contributed by atoms with Crippen LogP contribution in [0.2, 0.25) is 0 Å². The highest BCUT2D eigenvalue weighted by molar-refractivity contribution is 5.92. The summed E-state index contributed by atoms with van der Waals surface area (Å²) in [6.45, 7) is 17.5. The summed E-state index contributed by atoms with van der Waals surface area (Å²) in [6.07, 6.45) is 15.1. The van der Waals surface area contributed by atoms with E-state index in [4.69, 9.17) is 0 Å². The predicted molar refractivity (Wildman–Crippen MR) is 421 cm³/mol. The van der Waals surface area contributed by atoms with Gasteiger partial charge in [-0.25, -0.2) is 0 Å². The van der Waals surface area contributed by atoms with Crippen molar-refractivity contribution >= 4 is 23.1 Å². The summed E-state index contributed by atoms with van der Waals surface area (Å²) in [4.78, 5) is 67.2. The van der Waals surface area contributed by atoms with Crippen molar-refractivity contribution in [2.75, 3.05) is 0 Å². The van der Waals surface area contributed by atoms with Gasteiger partial charge in [0.2, 0.25) is 0 Å². The Morgan fingerprint density at radius 3 is 0.317 bits per heavy atom. The van der Waals surface area contributed by atoms with Gasteiger partial charge in [-0.1, -0.05) is 239 Å². The standard InChI is InChI=1S/C100H112O4/c1-57-9-25-65(26-10-57)81-82(66-27-11-58(2)12-28-66)90-74-45-47-76(48-46-74)92-85(69-33-17-61(5)18-34-69)86(70-35-19-62(6)20-36-70)94(99(92)103)78-53-55-80(56-54-78)96-88(72-39-23-64(8)24-40-72)87(71-37-21-63(7)22-38-71)95(100(96)104)79-51-49-77(50-52-79)93-84(68-31-15-60(4)16-32-68)83(67-29-13-59(3)14-30-67)91(98(93)102)75-43-41-73(42-44-75)89(81)97(90)101/h9-40,73-96H,41-56H2,1-8H3. The highest BCUT2D eigenvalue weighted by atomic mass is 16.1. The van der Waals surface area contributed by atoms with Crippen LogP contribution in [0.25, 0.3) is 0 Å². The fourth-order valence-corrected chi connectivity index (χ4v) is 25.4. The van der Waals surface area contributed by atoms with Gasteiger partial charge in [0, 0.05) is 94.7 Å². The number of rotatable bonds is 8. The van der Waals surface area contributed by atoms with Crippen molar-refractivity contribution in [2.45, 2.75) is 205 Å². The number of hydrogen-bond acceptors (Lipinski definition) is 4. The second-order valence-corrected chi connectivity index (χ2v) is 36.0. The number of carbonyl (C=O) groups is 4. The van der Waals surface area contributed by atoms with E-state index in [-0.39, 0.29) is 142 Å². The Kier molecular flexibility index (Phi) is 19.1. The molecule has 0 heterocycles. The molecule has 104 heavy (non-hydrogen) atoms. The molecule has 0 radical (unpaired) electrons. The highest BCUT2D eigenvalue weighted by Crippen LogP contribution is 2.67. The van der Waals surface area contributed by atoms with E-state index < -0.39 is 0 Å². The van der Waals surface area contributed by atoms with Gasteiger partial charge in [0.1, 0.15) is 23.1 Å². The normalized spacial score (nSPS) is 35.5. The summed E-state index contributed by atoms with van der Waals surface area (Å²) >= 11 is 0. The minimum atomic E-state index is -0.136. The molecule has 0 spiro atoms. The summed E-state index contributed by atoms with van der Waals surface area (Å²) in [5.41, 5.74) is 20.3. The second kappa shape index (κ2) is 28.6. The molecule has 8 aromatic carbocycles. The molecule has 0 aromatic heterocycles. The van der Waals surface area contributed by atoms with Crippen molar-refractivity contribution < 1.29 is 19.2 Å².